The van der Waals surface area contributed by atoms with Crippen molar-refractivity contribution in [3.05, 3.63) is 0 Å². The Morgan fingerprint density at radius 2 is 1.60 bits per heavy atom. The molecule has 0 saturated heterocycles. The van der Waals surface area contributed by atoms with Crippen molar-refractivity contribution in [3.8, 4) is 0 Å². The Kier molecular flexibility index (Phi) is 7.53. The van der Waals surface area contributed by atoms with E-state index in [0.29, 0.717) is 19.3 Å². The number of ketones is 1. The van der Waals surface area contributed by atoms with E-state index in [1.54, 1.807) is 0 Å². The van der Waals surface area contributed by atoms with Crippen molar-refractivity contribution in [2.45, 2.75) is 71.1 Å². The van der Waals surface area contributed by atoms with Crippen LogP contribution in [0.3, 0.4) is 0 Å². The van der Waals surface area contributed by atoms with Gasteiger partial charge in [-0.2, -0.15) is 8.78 Å². The van der Waals surface area contributed by atoms with Gasteiger partial charge in [0.1, 0.15) is 0 Å². The number of unbranched alkanes of at least 4 members (excludes halogenated alkanes) is 4. The van der Waals surface area contributed by atoms with E-state index in [4.69, 9.17) is 0 Å². The van der Waals surface area contributed by atoms with Crippen molar-refractivity contribution in [3.63, 3.8) is 0 Å². The summed E-state index contributed by atoms with van der Waals surface area (Å²) in [5, 5.41) is 0. The largest absolute Gasteiger partial charge is 0.305 e. The summed E-state index contributed by atoms with van der Waals surface area (Å²) in [7, 11) is 0. The van der Waals surface area contributed by atoms with E-state index in [-0.39, 0.29) is 12.8 Å². The summed E-state index contributed by atoms with van der Waals surface area (Å²) in [4.78, 5) is 11.2. The van der Waals surface area contributed by atoms with Gasteiger partial charge in [-0.1, -0.05) is 39.5 Å². The molecule has 0 aliphatic heterocycles. The Labute approximate surface area is 91.2 Å². The van der Waals surface area contributed by atoms with Gasteiger partial charge in [-0.05, 0) is 12.8 Å². The number of carbonyl (C=O) groups excluding carboxylic acids is 1. The van der Waals surface area contributed by atoms with Crippen LogP contribution in [0.1, 0.15) is 65.2 Å². The Hall–Kier alpha value is -0.470. The van der Waals surface area contributed by atoms with Gasteiger partial charge in [-0.15, -0.1) is 0 Å². The molecular formula is C12H22F2O. The van der Waals surface area contributed by atoms with Crippen LogP contribution in [-0.4, -0.2) is 11.7 Å². The standard InChI is InChI=1S/C12H22F2O/c1-3-5-7-8-9-11(15)12(13,14)10-6-4-2/h3-10H2,1-2H3. The maximum Gasteiger partial charge on any atom is 0.305 e. The van der Waals surface area contributed by atoms with Gasteiger partial charge in [0.25, 0.3) is 0 Å². The molecule has 90 valence electrons. The number of alkyl halides is 2. The van der Waals surface area contributed by atoms with Crippen molar-refractivity contribution in [1.29, 1.82) is 0 Å². The lowest BCUT2D eigenvalue weighted by molar-refractivity contribution is -0.144. The molecule has 0 unspecified atom stereocenters. The molecule has 0 aliphatic carbocycles. The monoisotopic (exact) mass is 220 g/mol. The van der Waals surface area contributed by atoms with Gasteiger partial charge in [0.15, 0.2) is 0 Å². The fourth-order valence-corrected chi connectivity index (χ4v) is 1.43. The van der Waals surface area contributed by atoms with Gasteiger partial charge in [0, 0.05) is 12.8 Å². The quantitative estimate of drug-likeness (QED) is 0.528. The maximum absolute atomic E-state index is 13.2. The van der Waals surface area contributed by atoms with Gasteiger partial charge in [-0.25, -0.2) is 0 Å². The van der Waals surface area contributed by atoms with Crippen molar-refractivity contribution in [2.75, 3.05) is 0 Å². The van der Waals surface area contributed by atoms with Crippen LogP contribution in [0.4, 0.5) is 8.78 Å². The topological polar surface area (TPSA) is 17.1 Å². The molecule has 0 aromatic carbocycles. The zero-order chi connectivity index (χ0) is 11.7. The van der Waals surface area contributed by atoms with Crippen LogP contribution < -0.4 is 0 Å². The summed E-state index contributed by atoms with van der Waals surface area (Å²) in [6.07, 6.45) is 4.45. The van der Waals surface area contributed by atoms with Gasteiger partial charge < -0.3 is 0 Å². The summed E-state index contributed by atoms with van der Waals surface area (Å²) in [6.45, 7) is 3.90. The summed E-state index contributed by atoms with van der Waals surface area (Å²) >= 11 is 0. The number of hydrogen-bond donors (Lipinski definition) is 0. The first-order valence-corrected chi connectivity index (χ1v) is 5.95. The molecule has 0 aromatic heterocycles. The highest BCUT2D eigenvalue weighted by molar-refractivity contribution is 5.85. The number of hydrogen-bond acceptors (Lipinski definition) is 1. The van der Waals surface area contributed by atoms with Gasteiger partial charge in [-0.3, -0.25) is 4.79 Å². The lowest BCUT2D eigenvalue weighted by atomic mass is 10.0. The highest BCUT2D eigenvalue weighted by atomic mass is 19.3. The molecule has 0 N–H and O–H groups in total. The Morgan fingerprint density at radius 1 is 1.00 bits per heavy atom. The molecule has 0 spiro atoms. The average molecular weight is 220 g/mol. The number of halogens is 2. The third-order valence-electron chi connectivity index (χ3n) is 2.51. The SMILES string of the molecule is CCCCCCC(=O)C(F)(F)CCCC. The minimum absolute atomic E-state index is 0.0384. The van der Waals surface area contributed by atoms with Crippen molar-refractivity contribution < 1.29 is 13.6 Å². The van der Waals surface area contributed by atoms with Crippen molar-refractivity contribution >= 4 is 5.78 Å². The molecule has 0 aliphatic rings. The predicted octanol–water partition coefficient (Wildman–Crippen LogP) is 4.35. The van der Waals surface area contributed by atoms with E-state index < -0.39 is 11.7 Å². The van der Waals surface area contributed by atoms with E-state index in [0.717, 1.165) is 19.3 Å². The predicted molar refractivity (Wildman–Crippen MR) is 58.2 cm³/mol. The normalized spacial score (nSPS) is 11.7. The molecule has 0 bridgehead atoms. The Bertz CT molecular complexity index is 178. The number of rotatable bonds is 9. The minimum Gasteiger partial charge on any atom is -0.293 e. The molecular weight excluding hydrogens is 198 g/mol. The molecule has 0 heterocycles. The highest BCUT2D eigenvalue weighted by Gasteiger charge is 2.36. The third kappa shape index (κ3) is 6.58. The van der Waals surface area contributed by atoms with E-state index in [9.17, 15) is 13.6 Å². The van der Waals surface area contributed by atoms with Crippen LogP contribution in [-0.2, 0) is 4.79 Å². The summed E-state index contributed by atoms with van der Waals surface area (Å²) in [5.41, 5.74) is 0. The first-order valence-electron chi connectivity index (χ1n) is 5.95. The number of carbonyl (C=O) groups is 1. The van der Waals surface area contributed by atoms with E-state index >= 15 is 0 Å². The van der Waals surface area contributed by atoms with Crippen LogP contribution in [0.25, 0.3) is 0 Å². The van der Waals surface area contributed by atoms with E-state index in [1.165, 1.54) is 0 Å². The fourth-order valence-electron chi connectivity index (χ4n) is 1.43. The summed E-state index contributed by atoms with van der Waals surface area (Å²) < 4.78 is 26.3. The van der Waals surface area contributed by atoms with Crippen molar-refractivity contribution in [1.82, 2.24) is 0 Å². The second kappa shape index (κ2) is 7.77. The zero-order valence-corrected chi connectivity index (χ0v) is 9.82. The van der Waals surface area contributed by atoms with Crippen LogP contribution in [0.5, 0.6) is 0 Å². The highest BCUT2D eigenvalue weighted by Crippen LogP contribution is 2.24. The molecule has 1 nitrogen and oxygen atoms in total. The van der Waals surface area contributed by atoms with Crippen molar-refractivity contribution in [2.24, 2.45) is 0 Å². The minimum atomic E-state index is -3.08. The second-order valence-electron chi connectivity index (χ2n) is 4.04. The summed E-state index contributed by atoms with van der Waals surface area (Å²) in [6, 6.07) is 0. The van der Waals surface area contributed by atoms with Crippen LogP contribution in [0.2, 0.25) is 0 Å². The Balaban J connectivity index is 3.75. The molecule has 3 heteroatoms. The molecule has 0 rings (SSSR count). The molecule has 0 fully saturated rings. The third-order valence-corrected chi connectivity index (χ3v) is 2.51. The number of Topliss-reactive ketones (excluding diaryl/α,β-unsaturated/α-hetero) is 1. The average Bonchev–Trinajstić information content (AvgIpc) is 2.21. The van der Waals surface area contributed by atoms with Gasteiger partial charge in [0.05, 0.1) is 0 Å². The molecule has 15 heavy (non-hydrogen) atoms. The summed E-state index contributed by atoms with van der Waals surface area (Å²) in [5.74, 6) is -3.95. The molecule has 0 radical (unpaired) electrons. The smallest absolute Gasteiger partial charge is 0.293 e. The Morgan fingerprint density at radius 3 is 2.13 bits per heavy atom. The van der Waals surface area contributed by atoms with E-state index in [1.807, 2.05) is 6.92 Å². The fraction of sp³-hybridized carbons (Fsp3) is 0.917. The van der Waals surface area contributed by atoms with Crippen LogP contribution in [0, 0.1) is 0 Å². The molecule has 0 aromatic rings. The van der Waals surface area contributed by atoms with Gasteiger partial charge in [0.2, 0.25) is 5.78 Å². The molecule has 0 saturated carbocycles. The van der Waals surface area contributed by atoms with E-state index in [2.05, 4.69) is 6.92 Å². The lowest BCUT2D eigenvalue weighted by Crippen LogP contribution is -2.28. The van der Waals surface area contributed by atoms with Gasteiger partial charge >= 0.3 is 5.92 Å². The first-order chi connectivity index (χ1) is 7.04. The first kappa shape index (κ1) is 14.5. The van der Waals surface area contributed by atoms with Crippen LogP contribution >= 0.6 is 0 Å². The zero-order valence-electron chi connectivity index (χ0n) is 9.82. The maximum atomic E-state index is 13.2. The molecule has 0 atom stereocenters. The van der Waals surface area contributed by atoms with Crippen LogP contribution in [0.15, 0.2) is 0 Å². The molecule has 0 amide bonds. The lowest BCUT2D eigenvalue weighted by Gasteiger charge is -2.14. The second-order valence-corrected chi connectivity index (χ2v) is 4.04.